The molecule has 1 aromatic heterocycles. The highest BCUT2D eigenvalue weighted by atomic mass is 32.2. The van der Waals surface area contributed by atoms with E-state index in [0.717, 1.165) is 11.1 Å². The first-order valence-corrected chi connectivity index (χ1v) is 10.7. The molecule has 152 valence electrons. The van der Waals surface area contributed by atoms with Crippen molar-refractivity contribution in [3.63, 3.8) is 0 Å². The van der Waals surface area contributed by atoms with E-state index in [0.29, 0.717) is 16.7 Å². The van der Waals surface area contributed by atoms with Gasteiger partial charge in [0, 0.05) is 11.8 Å². The summed E-state index contributed by atoms with van der Waals surface area (Å²) in [7, 11) is -3.89. The van der Waals surface area contributed by atoms with Crippen molar-refractivity contribution in [3.8, 4) is 5.75 Å². The van der Waals surface area contributed by atoms with Gasteiger partial charge in [0.1, 0.15) is 5.75 Å². The SMILES string of the molecule is Cc1ccc(S(=O)(=O)Nc2nc3ccccc3nc2Nc2cccc(O)c2)cc1C. The van der Waals surface area contributed by atoms with Gasteiger partial charge in [-0.2, -0.15) is 0 Å². The van der Waals surface area contributed by atoms with E-state index in [-0.39, 0.29) is 22.3 Å². The monoisotopic (exact) mass is 420 g/mol. The summed E-state index contributed by atoms with van der Waals surface area (Å²) in [6, 6.07) is 18.6. The summed E-state index contributed by atoms with van der Waals surface area (Å²) in [6.45, 7) is 3.78. The number of fused-ring (bicyclic) bond motifs is 1. The summed E-state index contributed by atoms with van der Waals surface area (Å²) in [5.74, 6) is 0.369. The zero-order valence-electron chi connectivity index (χ0n) is 16.4. The van der Waals surface area contributed by atoms with E-state index in [1.807, 2.05) is 19.9 Å². The molecule has 1 heterocycles. The molecule has 7 nitrogen and oxygen atoms in total. The second-order valence-corrected chi connectivity index (χ2v) is 8.62. The van der Waals surface area contributed by atoms with Gasteiger partial charge in [0.05, 0.1) is 15.9 Å². The molecule has 3 N–H and O–H groups in total. The predicted octanol–water partition coefficient (Wildman–Crippen LogP) is 4.50. The molecule has 4 rings (SSSR count). The first-order chi connectivity index (χ1) is 14.3. The van der Waals surface area contributed by atoms with Crippen LogP contribution in [0.4, 0.5) is 17.3 Å². The fraction of sp³-hybridized carbons (Fsp3) is 0.0909. The largest absolute Gasteiger partial charge is 0.508 e. The Hall–Kier alpha value is -3.65. The lowest BCUT2D eigenvalue weighted by molar-refractivity contribution is 0.475. The molecule has 0 saturated heterocycles. The number of anilines is 3. The van der Waals surface area contributed by atoms with Crippen molar-refractivity contribution < 1.29 is 13.5 Å². The van der Waals surface area contributed by atoms with Crippen LogP contribution < -0.4 is 10.0 Å². The van der Waals surface area contributed by atoms with Crippen molar-refractivity contribution >= 4 is 38.4 Å². The molecule has 8 heteroatoms. The van der Waals surface area contributed by atoms with Crippen LogP contribution in [-0.2, 0) is 10.0 Å². The summed E-state index contributed by atoms with van der Waals surface area (Å²) < 4.78 is 28.6. The fourth-order valence-corrected chi connectivity index (χ4v) is 4.04. The molecule has 0 amide bonds. The quantitative estimate of drug-likeness (QED) is 0.439. The van der Waals surface area contributed by atoms with Gasteiger partial charge in [-0.25, -0.2) is 18.4 Å². The first kappa shape index (κ1) is 19.7. The highest BCUT2D eigenvalue weighted by Crippen LogP contribution is 2.28. The van der Waals surface area contributed by atoms with Crippen LogP contribution in [0.5, 0.6) is 5.75 Å². The van der Waals surface area contributed by atoms with Crippen molar-refractivity contribution in [2.45, 2.75) is 18.7 Å². The third-order valence-electron chi connectivity index (χ3n) is 4.70. The first-order valence-electron chi connectivity index (χ1n) is 9.25. The molecule has 4 aromatic rings. The minimum Gasteiger partial charge on any atom is -0.508 e. The Balaban J connectivity index is 1.79. The van der Waals surface area contributed by atoms with Crippen molar-refractivity contribution in [2.24, 2.45) is 0 Å². The smallest absolute Gasteiger partial charge is 0.263 e. The Morgan fingerprint density at radius 2 is 1.50 bits per heavy atom. The Morgan fingerprint density at radius 1 is 0.800 bits per heavy atom. The van der Waals surface area contributed by atoms with Crippen LogP contribution in [0.15, 0.2) is 71.6 Å². The van der Waals surface area contributed by atoms with Gasteiger partial charge in [0.15, 0.2) is 11.6 Å². The van der Waals surface area contributed by atoms with Crippen molar-refractivity contribution in [2.75, 3.05) is 10.0 Å². The van der Waals surface area contributed by atoms with E-state index in [9.17, 15) is 13.5 Å². The van der Waals surface area contributed by atoms with E-state index < -0.39 is 10.0 Å². The molecule has 0 atom stereocenters. The van der Waals surface area contributed by atoms with Crippen LogP contribution in [0, 0.1) is 13.8 Å². The third-order valence-corrected chi connectivity index (χ3v) is 6.04. The normalized spacial score (nSPS) is 11.4. The number of nitrogens with zero attached hydrogens (tertiary/aromatic N) is 2. The highest BCUT2D eigenvalue weighted by molar-refractivity contribution is 7.92. The number of hydrogen-bond acceptors (Lipinski definition) is 6. The topological polar surface area (TPSA) is 104 Å². The van der Waals surface area contributed by atoms with E-state index in [4.69, 9.17) is 0 Å². The Kier molecular flexibility index (Phi) is 5.01. The molecule has 0 unspecified atom stereocenters. The maximum atomic E-state index is 13.0. The highest BCUT2D eigenvalue weighted by Gasteiger charge is 2.19. The van der Waals surface area contributed by atoms with Crippen LogP contribution in [-0.4, -0.2) is 23.5 Å². The second kappa shape index (κ2) is 7.64. The van der Waals surface area contributed by atoms with Crippen LogP contribution in [0.3, 0.4) is 0 Å². The van der Waals surface area contributed by atoms with Gasteiger partial charge < -0.3 is 10.4 Å². The minimum atomic E-state index is -3.89. The van der Waals surface area contributed by atoms with Crippen molar-refractivity contribution in [1.82, 2.24) is 9.97 Å². The number of para-hydroxylation sites is 2. The molecule has 0 saturated carbocycles. The lowest BCUT2D eigenvalue weighted by atomic mass is 10.1. The lowest BCUT2D eigenvalue weighted by Crippen LogP contribution is -2.16. The fourth-order valence-electron chi connectivity index (χ4n) is 2.95. The standard InChI is InChI=1S/C22H20N4O3S/c1-14-10-11-18(12-15(14)2)30(28,29)26-22-21(23-16-6-5-7-17(27)13-16)24-19-8-3-4-9-20(19)25-22/h3-13,27H,1-2H3,(H,23,24)(H,25,26). The number of hydrogen-bond donors (Lipinski definition) is 3. The Morgan fingerprint density at radius 3 is 2.17 bits per heavy atom. The summed E-state index contributed by atoms with van der Waals surface area (Å²) in [6.07, 6.45) is 0. The van der Waals surface area contributed by atoms with Gasteiger partial charge in [-0.1, -0.05) is 24.3 Å². The van der Waals surface area contributed by atoms with Gasteiger partial charge in [-0.05, 0) is 61.4 Å². The molecule has 3 aromatic carbocycles. The zero-order valence-corrected chi connectivity index (χ0v) is 17.2. The van der Waals surface area contributed by atoms with E-state index in [1.165, 1.54) is 6.07 Å². The number of nitrogens with one attached hydrogen (secondary N) is 2. The number of phenolic OH excluding ortho intramolecular Hbond substituents is 1. The van der Waals surface area contributed by atoms with Crippen molar-refractivity contribution in [1.29, 1.82) is 0 Å². The molecule has 30 heavy (non-hydrogen) atoms. The number of aryl methyl sites for hydroxylation is 2. The third kappa shape index (κ3) is 4.04. The molecule has 0 aliphatic rings. The molecule has 0 bridgehead atoms. The Labute approximate surface area is 174 Å². The van der Waals surface area contributed by atoms with Crippen LogP contribution in [0.1, 0.15) is 11.1 Å². The molecule has 0 aliphatic carbocycles. The van der Waals surface area contributed by atoms with Crippen LogP contribution in [0.25, 0.3) is 11.0 Å². The number of benzene rings is 3. The molecule has 0 spiro atoms. The average Bonchev–Trinajstić information content (AvgIpc) is 2.70. The zero-order chi connectivity index (χ0) is 21.3. The van der Waals surface area contributed by atoms with E-state index >= 15 is 0 Å². The summed E-state index contributed by atoms with van der Waals surface area (Å²) in [5.41, 5.74) is 3.59. The van der Waals surface area contributed by atoms with Crippen LogP contribution >= 0.6 is 0 Å². The minimum absolute atomic E-state index is 0.0651. The van der Waals surface area contributed by atoms with E-state index in [2.05, 4.69) is 20.0 Å². The van der Waals surface area contributed by atoms with Gasteiger partial charge in [0.25, 0.3) is 10.0 Å². The number of aromatic hydroxyl groups is 1. The van der Waals surface area contributed by atoms with Gasteiger partial charge in [-0.3, -0.25) is 4.72 Å². The lowest BCUT2D eigenvalue weighted by Gasteiger charge is -2.14. The van der Waals surface area contributed by atoms with Gasteiger partial charge in [-0.15, -0.1) is 0 Å². The molecule has 0 radical (unpaired) electrons. The number of sulfonamides is 1. The molecule has 0 aliphatic heterocycles. The van der Waals surface area contributed by atoms with E-state index in [1.54, 1.807) is 54.6 Å². The summed E-state index contributed by atoms with van der Waals surface area (Å²) in [5, 5.41) is 12.8. The van der Waals surface area contributed by atoms with Gasteiger partial charge >= 0.3 is 0 Å². The summed E-state index contributed by atoms with van der Waals surface area (Å²) in [4.78, 5) is 9.14. The molecule has 0 fully saturated rings. The average molecular weight is 420 g/mol. The number of aromatic nitrogens is 2. The van der Waals surface area contributed by atoms with Crippen LogP contribution in [0.2, 0.25) is 0 Å². The Bertz CT molecular complexity index is 1350. The van der Waals surface area contributed by atoms with Gasteiger partial charge in [0.2, 0.25) is 0 Å². The number of rotatable bonds is 5. The molecular formula is C22H20N4O3S. The predicted molar refractivity (Wildman–Crippen MR) is 118 cm³/mol. The second-order valence-electron chi connectivity index (χ2n) is 6.94. The summed E-state index contributed by atoms with van der Waals surface area (Å²) >= 11 is 0. The molecular weight excluding hydrogens is 400 g/mol. The maximum absolute atomic E-state index is 13.0. The number of phenols is 1. The maximum Gasteiger partial charge on any atom is 0.263 e. The van der Waals surface area contributed by atoms with Crippen molar-refractivity contribution in [3.05, 3.63) is 77.9 Å².